The topological polar surface area (TPSA) is 64.1 Å². The fourth-order valence-electron chi connectivity index (χ4n) is 1.52. The molecule has 0 aliphatic heterocycles. The summed E-state index contributed by atoms with van der Waals surface area (Å²) in [6.07, 6.45) is 1.88. The van der Waals surface area contributed by atoms with Crippen molar-refractivity contribution >= 4 is 0 Å². The van der Waals surface area contributed by atoms with E-state index < -0.39 is 6.10 Å². The third-order valence-corrected chi connectivity index (χ3v) is 2.50. The predicted molar refractivity (Wildman–Crippen MR) is 49.2 cm³/mol. The smallest absolute Gasteiger partial charge is 0.108 e. The van der Waals surface area contributed by atoms with Crippen molar-refractivity contribution in [1.82, 2.24) is 9.78 Å². The molecule has 4 nitrogen and oxygen atoms in total. The van der Waals surface area contributed by atoms with Crippen LogP contribution in [-0.2, 0) is 7.05 Å². The maximum absolute atomic E-state index is 9.54. The first kappa shape index (κ1) is 8.72. The Morgan fingerprint density at radius 1 is 1.77 bits per heavy atom. The molecule has 0 amide bonds. The molecule has 1 fully saturated rings. The molecule has 1 aliphatic rings. The van der Waals surface area contributed by atoms with Crippen LogP contribution in [-0.4, -0.2) is 21.4 Å². The summed E-state index contributed by atoms with van der Waals surface area (Å²) >= 11 is 0. The molecule has 1 aliphatic carbocycles. The number of aryl methyl sites for hydroxylation is 1. The van der Waals surface area contributed by atoms with E-state index in [0.29, 0.717) is 5.92 Å². The first-order valence-electron chi connectivity index (χ1n) is 4.64. The molecule has 1 atom stereocenters. The summed E-state index contributed by atoms with van der Waals surface area (Å²) in [5.74, 6) is 0.630. The second-order valence-electron chi connectivity index (χ2n) is 3.64. The fourth-order valence-corrected chi connectivity index (χ4v) is 1.52. The monoisotopic (exact) mass is 181 g/mol. The molecule has 0 bridgehead atoms. The molecule has 1 saturated carbocycles. The van der Waals surface area contributed by atoms with Gasteiger partial charge in [-0.3, -0.25) is 4.68 Å². The summed E-state index contributed by atoms with van der Waals surface area (Å²) in [6, 6.07) is 1.97. The van der Waals surface area contributed by atoms with Crippen molar-refractivity contribution < 1.29 is 5.11 Å². The molecule has 1 heterocycles. The molecule has 3 N–H and O–H groups in total. The van der Waals surface area contributed by atoms with Crippen molar-refractivity contribution in [3.8, 4) is 0 Å². The molecule has 0 spiro atoms. The Balaban J connectivity index is 2.24. The van der Waals surface area contributed by atoms with Gasteiger partial charge >= 0.3 is 0 Å². The SMILES string of the molecule is Cn1nc(C2CC2)cc1C(O)CN. The molecule has 0 aromatic carbocycles. The van der Waals surface area contributed by atoms with Gasteiger partial charge in [0, 0.05) is 19.5 Å². The Labute approximate surface area is 77.4 Å². The number of rotatable bonds is 3. The summed E-state index contributed by atoms with van der Waals surface area (Å²) in [4.78, 5) is 0. The highest BCUT2D eigenvalue weighted by atomic mass is 16.3. The van der Waals surface area contributed by atoms with Gasteiger partial charge in [-0.05, 0) is 18.9 Å². The van der Waals surface area contributed by atoms with Crippen LogP contribution in [0.2, 0.25) is 0 Å². The molecule has 4 heteroatoms. The maximum Gasteiger partial charge on any atom is 0.108 e. The van der Waals surface area contributed by atoms with Crippen molar-refractivity contribution in [3.05, 3.63) is 17.5 Å². The summed E-state index contributed by atoms with van der Waals surface area (Å²) in [6.45, 7) is 0.254. The highest BCUT2D eigenvalue weighted by Crippen LogP contribution is 2.39. The molecule has 2 rings (SSSR count). The van der Waals surface area contributed by atoms with Crippen LogP contribution in [0.1, 0.15) is 36.3 Å². The van der Waals surface area contributed by atoms with Crippen LogP contribution >= 0.6 is 0 Å². The molecule has 1 unspecified atom stereocenters. The van der Waals surface area contributed by atoms with Crippen LogP contribution in [0.3, 0.4) is 0 Å². The Morgan fingerprint density at radius 2 is 2.46 bits per heavy atom. The van der Waals surface area contributed by atoms with Crippen LogP contribution in [0.4, 0.5) is 0 Å². The van der Waals surface area contributed by atoms with Gasteiger partial charge in [0.05, 0.1) is 11.4 Å². The number of hydrogen-bond donors (Lipinski definition) is 2. The first-order valence-corrected chi connectivity index (χ1v) is 4.64. The zero-order valence-electron chi connectivity index (χ0n) is 7.77. The minimum atomic E-state index is -0.579. The average molecular weight is 181 g/mol. The summed E-state index contributed by atoms with van der Waals surface area (Å²) < 4.78 is 1.73. The lowest BCUT2D eigenvalue weighted by atomic mass is 10.2. The molecular formula is C9H15N3O. The second-order valence-corrected chi connectivity index (χ2v) is 3.64. The highest BCUT2D eigenvalue weighted by Gasteiger charge is 2.27. The predicted octanol–water partition coefficient (Wildman–Crippen LogP) is 0.290. The lowest BCUT2D eigenvalue weighted by Gasteiger charge is -2.06. The number of nitrogens with two attached hydrogens (primary N) is 1. The minimum absolute atomic E-state index is 0.254. The molecule has 1 aromatic rings. The molecule has 1 aromatic heterocycles. The fraction of sp³-hybridized carbons (Fsp3) is 0.667. The summed E-state index contributed by atoms with van der Waals surface area (Å²) in [5, 5.41) is 13.9. The number of hydrogen-bond acceptors (Lipinski definition) is 3. The number of nitrogens with zero attached hydrogens (tertiary/aromatic N) is 2. The summed E-state index contributed by atoms with van der Waals surface area (Å²) in [5.41, 5.74) is 7.31. The van der Waals surface area contributed by atoms with Crippen molar-refractivity contribution in [2.24, 2.45) is 12.8 Å². The van der Waals surface area contributed by atoms with E-state index in [1.807, 2.05) is 13.1 Å². The van der Waals surface area contributed by atoms with Gasteiger partial charge in [0.2, 0.25) is 0 Å². The molecule has 13 heavy (non-hydrogen) atoms. The van der Waals surface area contributed by atoms with Crippen LogP contribution in [0.5, 0.6) is 0 Å². The first-order chi connectivity index (χ1) is 6.22. The van der Waals surface area contributed by atoms with E-state index >= 15 is 0 Å². The van der Waals surface area contributed by atoms with Gasteiger partial charge in [-0.2, -0.15) is 5.10 Å². The Morgan fingerprint density at radius 3 is 3.00 bits per heavy atom. The van der Waals surface area contributed by atoms with E-state index in [2.05, 4.69) is 5.10 Å². The van der Waals surface area contributed by atoms with Crippen LogP contribution < -0.4 is 5.73 Å². The van der Waals surface area contributed by atoms with E-state index in [-0.39, 0.29) is 6.54 Å². The Kier molecular flexibility index (Phi) is 2.09. The lowest BCUT2D eigenvalue weighted by Crippen LogP contribution is -2.14. The third-order valence-electron chi connectivity index (χ3n) is 2.50. The van der Waals surface area contributed by atoms with Gasteiger partial charge in [0.25, 0.3) is 0 Å². The normalized spacial score (nSPS) is 19.0. The zero-order chi connectivity index (χ0) is 9.42. The zero-order valence-corrected chi connectivity index (χ0v) is 7.77. The standard InChI is InChI=1S/C9H15N3O/c1-12-8(9(13)5-10)4-7(11-12)6-2-3-6/h4,6,9,13H,2-3,5,10H2,1H3. The quantitative estimate of drug-likeness (QED) is 0.704. The number of aromatic nitrogens is 2. The highest BCUT2D eigenvalue weighted by molar-refractivity contribution is 5.20. The Hall–Kier alpha value is -0.870. The van der Waals surface area contributed by atoms with Gasteiger partial charge in [0.15, 0.2) is 0 Å². The minimum Gasteiger partial charge on any atom is -0.385 e. The van der Waals surface area contributed by atoms with Crippen molar-refractivity contribution in [2.75, 3.05) is 6.54 Å². The third kappa shape index (κ3) is 1.59. The summed E-state index contributed by atoms with van der Waals surface area (Å²) in [7, 11) is 1.85. The van der Waals surface area contributed by atoms with Gasteiger partial charge in [-0.25, -0.2) is 0 Å². The van der Waals surface area contributed by atoms with Crippen LogP contribution in [0.25, 0.3) is 0 Å². The maximum atomic E-state index is 9.54. The van der Waals surface area contributed by atoms with Gasteiger partial charge in [-0.15, -0.1) is 0 Å². The van der Waals surface area contributed by atoms with Crippen molar-refractivity contribution in [2.45, 2.75) is 24.9 Å². The van der Waals surface area contributed by atoms with E-state index in [1.165, 1.54) is 12.8 Å². The van der Waals surface area contributed by atoms with E-state index in [4.69, 9.17) is 5.73 Å². The largest absolute Gasteiger partial charge is 0.385 e. The van der Waals surface area contributed by atoms with Gasteiger partial charge < -0.3 is 10.8 Å². The van der Waals surface area contributed by atoms with Crippen LogP contribution in [0.15, 0.2) is 6.07 Å². The van der Waals surface area contributed by atoms with E-state index in [1.54, 1.807) is 4.68 Å². The van der Waals surface area contributed by atoms with Crippen LogP contribution in [0, 0.1) is 0 Å². The molecule has 0 saturated heterocycles. The van der Waals surface area contributed by atoms with Gasteiger partial charge in [0.1, 0.15) is 6.10 Å². The van der Waals surface area contributed by atoms with Crippen molar-refractivity contribution in [1.29, 1.82) is 0 Å². The number of aliphatic hydroxyl groups is 1. The second kappa shape index (κ2) is 3.12. The van der Waals surface area contributed by atoms with E-state index in [0.717, 1.165) is 11.4 Å². The molecule has 72 valence electrons. The average Bonchev–Trinajstić information content (AvgIpc) is 2.89. The van der Waals surface area contributed by atoms with Crippen molar-refractivity contribution in [3.63, 3.8) is 0 Å². The number of aliphatic hydroxyl groups excluding tert-OH is 1. The Bertz CT molecular complexity index is 304. The lowest BCUT2D eigenvalue weighted by molar-refractivity contribution is 0.177. The van der Waals surface area contributed by atoms with E-state index in [9.17, 15) is 5.11 Å². The molecule has 0 radical (unpaired) electrons. The van der Waals surface area contributed by atoms with Gasteiger partial charge in [-0.1, -0.05) is 0 Å². The molecular weight excluding hydrogens is 166 g/mol.